The van der Waals surface area contributed by atoms with Crippen molar-refractivity contribution in [3.8, 4) is 0 Å². The van der Waals surface area contributed by atoms with Crippen LogP contribution in [0.15, 0.2) is 23.3 Å². The molecule has 0 aromatic heterocycles. The van der Waals surface area contributed by atoms with E-state index in [2.05, 4.69) is 0 Å². The molecule has 0 unspecified atom stereocenters. The van der Waals surface area contributed by atoms with E-state index >= 15 is 17.6 Å². The second kappa shape index (κ2) is 18.7. The van der Waals surface area contributed by atoms with E-state index in [1.807, 2.05) is 0 Å². The summed E-state index contributed by atoms with van der Waals surface area (Å²) in [5.74, 6) is -205. The predicted molar refractivity (Wildman–Crippen MR) is 139 cm³/mol. The van der Waals surface area contributed by atoms with Crippen molar-refractivity contribution in [2.75, 3.05) is 0 Å². The molecule has 0 aromatic rings. The highest BCUT2D eigenvalue weighted by molar-refractivity contribution is 5.49. The largest absolute Gasteiger partial charge is 0.460 e. The van der Waals surface area contributed by atoms with E-state index in [-0.39, 0.29) is 0 Å². The highest BCUT2D eigenvalue weighted by atomic mass is 19.5. The van der Waals surface area contributed by atoms with Crippen LogP contribution in [0.25, 0.3) is 0 Å². The fourth-order valence-electron chi connectivity index (χ4n) is 4.66. The molecular weight excluding hydrogens is 1320 g/mol. The maximum Gasteiger partial charge on any atom is 0.460 e. The summed E-state index contributed by atoms with van der Waals surface area (Å²) in [5, 5.41) is 0. The van der Waals surface area contributed by atoms with Crippen LogP contribution >= 0.6 is 0 Å². The third kappa shape index (κ3) is 9.62. The maximum atomic E-state index is 15.5. The van der Waals surface area contributed by atoms with Gasteiger partial charge in [0.2, 0.25) is 0 Å². The van der Waals surface area contributed by atoms with E-state index in [9.17, 15) is 211 Å². The first-order chi connectivity index (χ1) is 33.4. The van der Waals surface area contributed by atoms with Gasteiger partial charge in [-0.05, 0) is 0 Å². The zero-order valence-electron chi connectivity index (χ0n) is 33.8. The summed E-state index contributed by atoms with van der Waals surface area (Å²) in [4.78, 5) is 0. The second-order valence-electron chi connectivity index (χ2n) is 14.7. The number of rotatable bonds is 21. The van der Waals surface area contributed by atoms with Gasteiger partial charge in [0.1, 0.15) is 0 Å². The van der Waals surface area contributed by atoms with Gasteiger partial charge in [-0.25, -0.2) is 0 Å². The van der Waals surface area contributed by atoms with Gasteiger partial charge in [0.05, 0.1) is 0 Å². The van der Waals surface area contributed by atoms with Crippen LogP contribution in [0.3, 0.4) is 0 Å². The van der Waals surface area contributed by atoms with Crippen LogP contribution in [-0.4, -0.2) is 143 Å². The Bertz CT molecular complexity index is 2130. The summed E-state index contributed by atoms with van der Waals surface area (Å²) in [6.45, 7) is 0. The minimum Gasteiger partial charge on any atom is -0.195 e. The highest BCUT2D eigenvalue weighted by Gasteiger charge is 2.96. The zero-order chi connectivity index (χ0) is 66.6. The van der Waals surface area contributed by atoms with Gasteiger partial charge in [-0.3, -0.25) is 0 Å². The lowest BCUT2D eigenvalue weighted by atomic mass is 9.79. The second-order valence-corrected chi connectivity index (χ2v) is 14.7. The van der Waals surface area contributed by atoms with Crippen molar-refractivity contribution in [3.63, 3.8) is 0 Å². The van der Waals surface area contributed by atoms with Crippen molar-refractivity contribution in [1.29, 1.82) is 0 Å². The van der Waals surface area contributed by atoms with Crippen LogP contribution in [0.1, 0.15) is 0 Å². The van der Waals surface area contributed by atoms with Gasteiger partial charge in [-0.2, -0.15) is 228 Å². The molecule has 0 fully saturated rings. The summed E-state index contributed by atoms with van der Waals surface area (Å²) in [5.41, 5.74) is -15.8. The molecular formula is C28H2F52. The van der Waals surface area contributed by atoms with Gasteiger partial charge in [0, 0.05) is 23.3 Å². The van der Waals surface area contributed by atoms with Crippen LogP contribution in [0.5, 0.6) is 0 Å². The molecule has 0 radical (unpaired) electrons. The molecule has 0 aliphatic carbocycles. The lowest BCUT2D eigenvalue weighted by Crippen LogP contribution is -2.72. The monoisotopic (exact) mass is 1330 g/mol. The Morgan fingerprint density at radius 1 is 0.138 bits per heavy atom. The van der Waals surface area contributed by atoms with Crippen LogP contribution in [-0.2, 0) is 0 Å². The maximum absolute atomic E-state index is 15.5. The van der Waals surface area contributed by atoms with E-state index in [1.54, 1.807) is 0 Å². The fraction of sp³-hybridized carbons (Fsp3) is 0.857. The SMILES string of the molecule is FC(F)(F)C(F)(F)C(F)(F)C(F)(F)C(F)(F)C(F)(F)C=C(C(=CC(F)(F)C(F)(F)C(F)(F)C(F)(F)C(F)(F)C(F)(F)F)C(F)(F)C(F)(F)C(F)(F)C(F)(F)C(F)(F)C(F)(F)F)C(F)(F)C(F)(F)C(F)(F)C(F)(F)C(F)(F)C(F)(F)F. The first-order valence-electron chi connectivity index (χ1n) is 16.7. The molecule has 478 valence electrons. The standard InChI is InChI=1S/C28H2F52/c29-5(30,9(37,38)13(45,46)17(53,54)21(61,62)25(69,70)71)1-3(7(33,34)11(41,42)15(49,50)19(57,58)23(65,66)27(75,76)77)4(8(35,36)12(43,44)16(51,52)20(59,60)24(67,68)28(78,79)80)2-6(31,32)10(39,40)14(47,48)18(55,56)22(63,64)26(72,73)74/h1-2H. The van der Waals surface area contributed by atoms with E-state index in [4.69, 9.17) is 0 Å². The molecule has 0 amide bonds. The van der Waals surface area contributed by atoms with E-state index in [1.165, 1.54) is 0 Å². The summed E-state index contributed by atoms with van der Waals surface area (Å²) >= 11 is 0. The molecule has 0 saturated carbocycles. The van der Waals surface area contributed by atoms with Crippen molar-refractivity contribution in [2.45, 2.75) is 143 Å². The number of allylic oxidation sites excluding steroid dienone is 4. The Hall–Kier alpha value is -4.16. The molecule has 0 atom stereocenters. The molecule has 0 bridgehead atoms. The van der Waals surface area contributed by atoms with Gasteiger partial charge < -0.3 is 0 Å². The van der Waals surface area contributed by atoms with E-state index in [0.717, 1.165) is 0 Å². The van der Waals surface area contributed by atoms with Crippen molar-refractivity contribution in [3.05, 3.63) is 23.3 Å². The van der Waals surface area contributed by atoms with Crippen molar-refractivity contribution in [1.82, 2.24) is 0 Å². The number of alkyl halides is 52. The lowest BCUT2D eigenvalue weighted by molar-refractivity contribution is -0.440. The number of hydrogen-bond donors (Lipinski definition) is 0. The quantitative estimate of drug-likeness (QED) is 0.0794. The van der Waals surface area contributed by atoms with Crippen LogP contribution in [0.4, 0.5) is 228 Å². The Labute approximate surface area is 396 Å². The topological polar surface area (TPSA) is 0 Å². The zero-order valence-corrected chi connectivity index (χ0v) is 33.8. The molecule has 0 heterocycles. The van der Waals surface area contributed by atoms with Gasteiger partial charge in [0.25, 0.3) is 0 Å². The van der Waals surface area contributed by atoms with Crippen molar-refractivity contribution >= 4 is 0 Å². The fourth-order valence-corrected chi connectivity index (χ4v) is 4.66. The minimum absolute atomic E-state index is 5.46. The molecule has 0 aliphatic rings. The molecule has 0 N–H and O–H groups in total. The molecule has 0 saturated heterocycles. The van der Waals surface area contributed by atoms with Gasteiger partial charge in [-0.15, -0.1) is 0 Å². The average molecular weight is 1330 g/mol. The van der Waals surface area contributed by atoms with Gasteiger partial charge >= 0.3 is 143 Å². The summed E-state index contributed by atoms with van der Waals surface area (Å²) in [7, 11) is 0. The third-order valence-electron chi connectivity index (χ3n) is 9.40. The summed E-state index contributed by atoms with van der Waals surface area (Å²) in [6, 6.07) is 0. The molecule has 80 heavy (non-hydrogen) atoms. The van der Waals surface area contributed by atoms with Crippen molar-refractivity contribution < 1.29 is 228 Å². The first-order valence-corrected chi connectivity index (χ1v) is 16.7. The minimum atomic E-state index is -10.9. The van der Waals surface area contributed by atoms with Crippen LogP contribution in [0, 0.1) is 0 Å². The number of halogens is 52. The Kier molecular flexibility index (Phi) is 17.7. The normalized spacial score (nSPS) is 17.6. The number of hydrogen-bond acceptors (Lipinski definition) is 0. The third-order valence-corrected chi connectivity index (χ3v) is 9.40. The average Bonchev–Trinajstić information content (AvgIpc) is 3.18. The van der Waals surface area contributed by atoms with E-state index < -0.39 is 166 Å². The Balaban J connectivity index is 10.9. The molecule has 0 nitrogen and oxygen atoms in total. The van der Waals surface area contributed by atoms with E-state index in [0.29, 0.717) is 0 Å². The molecule has 0 rings (SSSR count). The molecule has 0 spiro atoms. The van der Waals surface area contributed by atoms with Crippen LogP contribution < -0.4 is 0 Å². The molecule has 52 heteroatoms. The summed E-state index contributed by atoms with van der Waals surface area (Å²) < 4.78 is 721. The lowest BCUT2D eigenvalue weighted by Gasteiger charge is -2.44. The predicted octanol–water partition coefficient (Wildman–Crippen LogP) is 17.8. The first kappa shape index (κ1) is 75.8. The van der Waals surface area contributed by atoms with Gasteiger partial charge in [0.15, 0.2) is 0 Å². The highest BCUT2D eigenvalue weighted by Crippen LogP contribution is 2.69. The Morgan fingerprint density at radius 3 is 0.375 bits per heavy atom. The molecule has 0 aromatic carbocycles. The summed E-state index contributed by atoms with van der Waals surface area (Å²) in [6.07, 6.45) is -46.7. The van der Waals surface area contributed by atoms with Crippen molar-refractivity contribution in [2.24, 2.45) is 0 Å². The Morgan fingerprint density at radius 2 is 0.250 bits per heavy atom. The van der Waals surface area contributed by atoms with Crippen LogP contribution in [0.2, 0.25) is 0 Å². The smallest absolute Gasteiger partial charge is 0.195 e. The van der Waals surface area contributed by atoms with Gasteiger partial charge in [-0.1, -0.05) is 0 Å². The molecule has 0 aliphatic heterocycles.